The van der Waals surface area contributed by atoms with Gasteiger partial charge in [0.1, 0.15) is 0 Å². The van der Waals surface area contributed by atoms with E-state index in [1.165, 1.54) is 0 Å². The maximum Gasteiger partial charge on any atom is 0.239 e. The van der Waals surface area contributed by atoms with Crippen LogP contribution in [0.3, 0.4) is 0 Å². The molecule has 18 heavy (non-hydrogen) atoms. The molecule has 4 nitrogen and oxygen atoms in total. The molecule has 0 aromatic heterocycles. The van der Waals surface area contributed by atoms with E-state index < -0.39 is 0 Å². The standard InChI is InChI=1S/C12H24B2N2O2/c1-8-6-9(17)7-16(8)11(18)10(12(2,3)4)15-14-13-5/h8-10,15,17H,6-7H2,1-5H3/t8-,9-,10-/m1/s1. The van der Waals surface area contributed by atoms with Gasteiger partial charge in [-0.3, -0.25) is 4.79 Å². The van der Waals surface area contributed by atoms with E-state index in [4.69, 9.17) is 0 Å². The average Bonchev–Trinajstić information content (AvgIpc) is 2.56. The highest BCUT2D eigenvalue weighted by Crippen LogP contribution is 2.25. The summed E-state index contributed by atoms with van der Waals surface area (Å²) in [5, 5.41) is 12.8. The number of aliphatic hydroxyl groups excluding tert-OH is 1. The third-order valence-corrected chi connectivity index (χ3v) is 3.38. The molecule has 1 saturated heterocycles. The number of β-amino-alcohol motifs (C(OH)–C–C–N with tert-alkyl or cyclic N) is 1. The monoisotopic (exact) mass is 250 g/mol. The lowest BCUT2D eigenvalue weighted by molar-refractivity contribution is -0.136. The van der Waals surface area contributed by atoms with Gasteiger partial charge in [0, 0.05) is 12.6 Å². The Morgan fingerprint density at radius 3 is 2.50 bits per heavy atom. The SMILES string of the molecule is C[B][B]N[C@H](C(=O)N1C[C@H](O)C[C@H]1C)C(C)(C)C. The second kappa shape index (κ2) is 6.11. The summed E-state index contributed by atoms with van der Waals surface area (Å²) >= 11 is 0. The summed E-state index contributed by atoms with van der Waals surface area (Å²) in [6.45, 7) is 10.5. The normalized spacial score (nSPS) is 26.0. The van der Waals surface area contributed by atoms with E-state index in [1.54, 1.807) is 4.90 Å². The van der Waals surface area contributed by atoms with Gasteiger partial charge in [0.25, 0.3) is 0 Å². The first-order valence-electron chi connectivity index (χ1n) is 6.63. The predicted molar refractivity (Wildman–Crippen MR) is 75.5 cm³/mol. The summed E-state index contributed by atoms with van der Waals surface area (Å²) in [5.74, 6) is 0.0738. The van der Waals surface area contributed by atoms with Gasteiger partial charge in [-0.2, -0.15) is 0 Å². The molecule has 0 aliphatic carbocycles. The van der Waals surface area contributed by atoms with Crippen molar-refractivity contribution in [3.8, 4) is 0 Å². The minimum absolute atomic E-state index is 0.0738. The van der Waals surface area contributed by atoms with E-state index >= 15 is 0 Å². The maximum atomic E-state index is 12.6. The van der Waals surface area contributed by atoms with Crippen LogP contribution in [0.15, 0.2) is 0 Å². The molecular formula is C12H24B2N2O2. The van der Waals surface area contributed by atoms with Gasteiger partial charge in [-0.05, 0) is 18.8 Å². The molecule has 0 bridgehead atoms. The third-order valence-electron chi connectivity index (χ3n) is 3.38. The summed E-state index contributed by atoms with van der Waals surface area (Å²) in [4.78, 5) is 14.4. The van der Waals surface area contributed by atoms with Gasteiger partial charge in [-0.1, -0.05) is 27.6 Å². The number of hydrogen-bond donors (Lipinski definition) is 2. The van der Waals surface area contributed by atoms with E-state index in [1.807, 2.05) is 49.0 Å². The topological polar surface area (TPSA) is 52.6 Å². The van der Waals surface area contributed by atoms with Crippen LogP contribution >= 0.6 is 0 Å². The number of nitrogens with zero attached hydrogens (tertiary/aromatic N) is 1. The number of carbonyl (C=O) groups is 1. The van der Waals surface area contributed by atoms with Crippen LogP contribution in [0.2, 0.25) is 6.82 Å². The van der Waals surface area contributed by atoms with Crippen molar-refractivity contribution in [3.63, 3.8) is 0 Å². The van der Waals surface area contributed by atoms with Gasteiger partial charge in [-0.25, -0.2) is 0 Å². The molecule has 100 valence electrons. The molecule has 3 atom stereocenters. The highest BCUT2D eigenvalue weighted by atomic mass is 16.3. The van der Waals surface area contributed by atoms with E-state index in [2.05, 4.69) is 5.23 Å². The Morgan fingerprint density at radius 1 is 1.50 bits per heavy atom. The van der Waals surface area contributed by atoms with Crippen LogP contribution in [0.1, 0.15) is 34.1 Å². The van der Waals surface area contributed by atoms with Crippen molar-refractivity contribution in [2.75, 3.05) is 6.54 Å². The molecule has 1 amide bonds. The molecule has 2 radical (unpaired) electrons. The Labute approximate surface area is 112 Å². The van der Waals surface area contributed by atoms with Crippen LogP contribution in [0.4, 0.5) is 0 Å². The lowest BCUT2D eigenvalue weighted by atomic mass is 9.48. The number of likely N-dealkylation sites (tertiary alicyclic amines) is 1. The molecular weight excluding hydrogens is 226 g/mol. The fraction of sp³-hybridized carbons (Fsp3) is 0.917. The molecule has 0 aromatic carbocycles. The van der Waals surface area contributed by atoms with Gasteiger partial charge in [0.15, 0.2) is 7.31 Å². The number of carbonyl (C=O) groups excluding carboxylic acids is 1. The Kier molecular flexibility index (Phi) is 5.29. The maximum absolute atomic E-state index is 12.6. The minimum Gasteiger partial charge on any atom is -0.391 e. The fourth-order valence-electron chi connectivity index (χ4n) is 2.36. The van der Waals surface area contributed by atoms with Crippen molar-refractivity contribution >= 4 is 20.4 Å². The van der Waals surface area contributed by atoms with E-state index in [0.29, 0.717) is 13.0 Å². The van der Waals surface area contributed by atoms with Crippen molar-refractivity contribution in [1.29, 1.82) is 0 Å². The quantitative estimate of drug-likeness (QED) is 0.703. The smallest absolute Gasteiger partial charge is 0.239 e. The van der Waals surface area contributed by atoms with Crippen LogP contribution in [-0.4, -0.2) is 55.1 Å². The molecule has 0 saturated carbocycles. The van der Waals surface area contributed by atoms with Crippen LogP contribution in [0, 0.1) is 5.41 Å². The summed E-state index contributed by atoms with van der Waals surface area (Å²) < 4.78 is 0. The number of hydrogen-bond acceptors (Lipinski definition) is 3. The van der Waals surface area contributed by atoms with Crippen LogP contribution in [0.5, 0.6) is 0 Å². The van der Waals surface area contributed by atoms with Crippen molar-refractivity contribution < 1.29 is 9.90 Å². The van der Waals surface area contributed by atoms with E-state index in [9.17, 15) is 9.90 Å². The number of aliphatic hydroxyl groups is 1. The summed E-state index contributed by atoms with van der Waals surface area (Å²) in [6.07, 6.45) is 0.290. The Bertz CT molecular complexity index is 294. The number of amides is 1. The van der Waals surface area contributed by atoms with Crippen molar-refractivity contribution in [2.45, 2.75) is 59.1 Å². The Hall–Kier alpha value is -0.480. The first kappa shape index (κ1) is 15.6. The van der Waals surface area contributed by atoms with E-state index in [-0.39, 0.29) is 29.5 Å². The highest BCUT2D eigenvalue weighted by Gasteiger charge is 2.38. The zero-order valence-corrected chi connectivity index (χ0v) is 12.1. The molecule has 0 spiro atoms. The first-order valence-corrected chi connectivity index (χ1v) is 6.63. The highest BCUT2D eigenvalue weighted by molar-refractivity contribution is 6.98. The molecule has 1 heterocycles. The van der Waals surface area contributed by atoms with Crippen LogP contribution in [-0.2, 0) is 4.79 Å². The van der Waals surface area contributed by atoms with E-state index in [0.717, 1.165) is 0 Å². The summed E-state index contributed by atoms with van der Waals surface area (Å²) in [7, 11) is 3.69. The van der Waals surface area contributed by atoms with Gasteiger partial charge in [0.2, 0.25) is 5.91 Å². The van der Waals surface area contributed by atoms with Gasteiger partial charge < -0.3 is 15.2 Å². The molecule has 6 heteroatoms. The van der Waals surface area contributed by atoms with Gasteiger partial charge >= 0.3 is 0 Å². The van der Waals surface area contributed by atoms with Crippen LogP contribution < -0.4 is 5.23 Å². The summed E-state index contributed by atoms with van der Waals surface area (Å²) in [6, 6.07) is -0.147. The number of rotatable bonds is 4. The minimum atomic E-state index is -0.383. The zero-order valence-electron chi connectivity index (χ0n) is 12.1. The Morgan fingerprint density at radius 2 is 2.11 bits per heavy atom. The molecule has 1 fully saturated rings. The first-order chi connectivity index (χ1) is 8.27. The molecule has 2 N–H and O–H groups in total. The lowest BCUT2D eigenvalue weighted by Crippen LogP contribution is -2.55. The molecule has 0 unspecified atom stereocenters. The number of nitrogens with one attached hydrogen (secondary N) is 1. The van der Waals surface area contributed by atoms with Crippen LogP contribution in [0.25, 0.3) is 0 Å². The second-order valence-corrected chi connectivity index (χ2v) is 6.19. The Balaban J connectivity index is 2.76. The second-order valence-electron chi connectivity index (χ2n) is 6.19. The molecule has 1 rings (SSSR count). The molecule has 0 aromatic rings. The van der Waals surface area contributed by atoms with Gasteiger partial charge in [0.05, 0.1) is 19.3 Å². The average molecular weight is 250 g/mol. The van der Waals surface area contributed by atoms with Crippen molar-refractivity contribution in [3.05, 3.63) is 0 Å². The predicted octanol–water partition coefficient (Wildman–Crippen LogP) is 0.259. The third kappa shape index (κ3) is 3.75. The fourth-order valence-corrected chi connectivity index (χ4v) is 2.36. The lowest BCUT2D eigenvalue weighted by Gasteiger charge is -2.35. The van der Waals surface area contributed by atoms with Crippen molar-refractivity contribution in [1.82, 2.24) is 10.1 Å². The molecule has 1 aliphatic heterocycles. The largest absolute Gasteiger partial charge is 0.391 e. The van der Waals surface area contributed by atoms with Gasteiger partial charge in [-0.15, -0.1) is 0 Å². The molecule has 1 aliphatic rings. The summed E-state index contributed by atoms with van der Waals surface area (Å²) in [5.41, 5.74) is -0.163. The zero-order chi connectivity index (χ0) is 13.9. The van der Waals surface area contributed by atoms with Crippen molar-refractivity contribution in [2.24, 2.45) is 5.41 Å².